The van der Waals surface area contributed by atoms with Crippen LogP contribution in [-0.4, -0.2) is 5.11 Å². The molecule has 2 rings (SSSR count). The molecule has 0 amide bonds. The molecule has 0 bridgehead atoms. The van der Waals surface area contributed by atoms with Gasteiger partial charge in [-0.15, -0.1) is 0 Å². The van der Waals surface area contributed by atoms with Gasteiger partial charge in [0.05, 0.1) is 5.02 Å². The van der Waals surface area contributed by atoms with Crippen LogP contribution in [0.15, 0.2) is 42.5 Å². The normalized spacial score (nSPS) is 12.4. The second kappa shape index (κ2) is 6.18. The summed E-state index contributed by atoms with van der Waals surface area (Å²) in [6, 6.07) is 12.1. The summed E-state index contributed by atoms with van der Waals surface area (Å²) in [4.78, 5) is 0. The molecule has 0 fully saturated rings. The van der Waals surface area contributed by atoms with Crippen LogP contribution in [0.1, 0.15) is 36.1 Å². The van der Waals surface area contributed by atoms with Crippen LogP contribution >= 0.6 is 11.6 Å². The maximum atomic E-state index is 13.1. The Balaban J connectivity index is 2.29. The summed E-state index contributed by atoms with van der Waals surface area (Å²) in [6.45, 7) is 2.11. The maximum Gasteiger partial charge on any atom is 0.141 e. The number of benzene rings is 2. The van der Waals surface area contributed by atoms with E-state index in [1.165, 1.54) is 17.7 Å². The molecule has 1 N–H and O–H groups in total. The van der Waals surface area contributed by atoms with E-state index in [-0.39, 0.29) is 5.02 Å². The lowest BCUT2D eigenvalue weighted by Crippen LogP contribution is -2.01. The SMILES string of the molecule is CCCc1cccc(C(O)c2ccc(F)c(Cl)c2)c1. The third-order valence-electron chi connectivity index (χ3n) is 3.06. The average molecular weight is 279 g/mol. The van der Waals surface area contributed by atoms with Crippen molar-refractivity contribution in [1.29, 1.82) is 0 Å². The summed E-state index contributed by atoms with van der Waals surface area (Å²) in [6.07, 6.45) is 1.25. The molecule has 1 nitrogen and oxygen atoms in total. The summed E-state index contributed by atoms with van der Waals surface area (Å²) < 4.78 is 13.1. The van der Waals surface area contributed by atoms with Gasteiger partial charge in [0.1, 0.15) is 11.9 Å². The van der Waals surface area contributed by atoms with Crippen molar-refractivity contribution in [3.63, 3.8) is 0 Å². The van der Waals surface area contributed by atoms with Crippen LogP contribution in [0, 0.1) is 5.82 Å². The van der Waals surface area contributed by atoms with Crippen molar-refractivity contribution >= 4 is 11.6 Å². The number of aliphatic hydroxyl groups excluding tert-OH is 1. The Hall–Kier alpha value is -1.38. The minimum Gasteiger partial charge on any atom is -0.384 e. The Bertz CT molecular complexity index is 568. The molecule has 1 unspecified atom stereocenters. The van der Waals surface area contributed by atoms with E-state index in [0.717, 1.165) is 18.4 Å². The van der Waals surface area contributed by atoms with E-state index in [4.69, 9.17) is 11.6 Å². The number of halogens is 2. The van der Waals surface area contributed by atoms with Gasteiger partial charge >= 0.3 is 0 Å². The highest BCUT2D eigenvalue weighted by Crippen LogP contribution is 2.26. The highest BCUT2D eigenvalue weighted by atomic mass is 35.5. The van der Waals surface area contributed by atoms with Crippen molar-refractivity contribution in [2.75, 3.05) is 0 Å². The van der Waals surface area contributed by atoms with E-state index in [1.807, 2.05) is 24.3 Å². The first-order valence-electron chi connectivity index (χ1n) is 6.33. The van der Waals surface area contributed by atoms with E-state index >= 15 is 0 Å². The molecule has 0 aromatic heterocycles. The van der Waals surface area contributed by atoms with Crippen molar-refractivity contribution in [2.24, 2.45) is 0 Å². The molecule has 0 aliphatic carbocycles. The van der Waals surface area contributed by atoms with Gasteiger partial charge in [0, 0.05) is 0 Å². The quantitative estimate of drug-likeness (QED) is 0.872. The van der Waals surface area contributed by atoms with Gasteiger partial charge in [0.25, 0.3) is 0 Å². The topological polar surface area (TPSA) is 20.2 Å². The van der Waals surface area contributed by atoms with Crippen molar-refractivity contribution < 1.29 is 9.50 Å². The predicted octanol–water partition coefficient (Wildman–Crippen LogP) is 4.51. The lowest BCUT2D eigenvalue weighted by molar-refractivity contribution is 0.220. The molecule has 100 valence electrons. The van der Waals surface area contributed by atoms with Gasteiger partial charge in [-0.3, -0.25) is 0 Å². The lowest BCUT2D eigenvalue weighted by atomic mass is 9.98. The molecule has 3 heteroatoms. The highest BCUT2D eigenvalue weighted by molar-refractivity contribution is 6.30. The fraction of sp³-hybridized carbons (Fsp3) is 0.250. The van der Waals surface area contributed by atoms with E-state index < -0.39 is 11.9 Å². The molecule has 19 heavy (non-hydrogen) atoms. The minimum absolute atomic E-state index is 0.0289. The summed E-state index contributed by atoms with van der Waals surface area (Å²) in [7, 11) is 0. The first-order chi connectivity index (χ1) is 9.11. The molecule has 2 aromatic rings. The molecular formula is C16H16ClFO. The summed E-state index contributed by atoms with van der Waals surface area (Å²) in [5.74, 6) is -0.475. The average Bonchev–Trinajstić information content (AvgIpc) is 2.42. The maximum absolute atomic E-state index is 13.1. The second-order valence-corrected chi connectivity index (χ2v) is 4.98. The van der Waals surface area contributed by atoms with Crippen molar-refractivity contribution in [3.05, 3.63) is 70.0 Å². The van der Waals surface area contributed by atoms with Gasteiger partial charge in [-0.2, -0.15) is 0 Å². The van der Waals surface area contributed by atoms with Crippen LogP contribution in [0.25, 0.3) is 0 Å². The molecule has 0 saturated carbocycles. The van der Waals surface area contributed by atoms with Crippen LogP contribution in [0.4, 0.5) is 4.39 Å². The monoisotopic (exact) mass is 278 g/mol. The van der Waals surface area contributed by atoms with E-state index in [9.17, 15) is 9.50 Å². The number of hydrogen-bond donors (Lipinski definition) is 1. The molecule has 0 spiro atoms. The molecule has 0 radical (unpaired) electrons. The highest BCUT2D eigenvalue weighted by Gasteiger charge is 2.12. The summed E-state index contributed by atoms with van der Waals surface area (Å²) >= 11 is 5.74. The molecule has 0 aliphatic heterocycles. The molecule has 0 saturated heterocycles. The Morgan fingerprint density at radius 2 is 1.89 bits per heavy atom. The lowest BCUT2D eigenvalue weighted by Gasteiger charge is -2.13. The number of aryl methyl sites for hydroxylation is 1. The number of hydrogen-bond acceptors (Lipinski definition) is 1. The van der Waals surface area contributed by atoms with Crippen LogP contribution in [0.2, 0.25) is 5.02 Å². The minimum atomic E-state index is -0.782. The van der Waals surface area contributed by atoms with E-state index in [0.29, 0.717) is 5.56 Å². The van der Waals surface area contributed by atoms with Gasteiger partial charge in [-0.05, 0) is 35.2 Å². The standard InChI is InChI=1S/C16H16ClFO/c1-2-4-11-5-3-6-12(9-11)16(19)13-7-8-15(18)14(17)10-13/h3,5-10,16,19H,2,4H2,1H3. The second-order valence-electron chi connectivity index (χ2n) is 4.57. The van der Waals surface area contributed by atoms with Gasteiger partial charge < -0.3 is 5.11 Å². The predicted molar refractivity (Wildman–Crippen MR) is 75.9 cm³/mol. The van der Waals surface area contributed by atoms with Gasteiger partial charge in [-0.25, -0.2) is 4.39 Å². The largest absolute Gasteiger partial charge is 0.384 e. The van der Waals surface area contributed by atoms with Gasteiger partial charge in [0.15, 0.2) is 0 Å². The number of aliphatic hydroxyl groups is 1. The first kappa shape index (κ1) is 14.0. The van der Waals surface area contributed by atoms with Crippen molar-refractivity contribution in [2.45, 2.75) is 25.9 Å². The molecule has 0 aliphatic rings. The van der Waals surface area contributed by atoms with Crippen molar-refractivity contribution in [1.82, 2.24) is 0 Å². The van der Waals surface area contributed by atoms with Gasteiger partial charge in [-0.1, -0.05) is 55.3 Å². The Labute approximate surface area is 117 Å². The van der Waals surface area contributed by atoms with Gasteiger partial charge in [0.2, 0.25) is 0 Å². The molecule has 1 atom stereocenters. The third kappa shape index (κ3) is 3.34. The summed E-state index contributed by atoms with van der Waals surface area (Å²) in [5.41, 5.74) is 2.58. The zero-order chi connectivity index (χ0) is 13.8. The molecular weight excluding hydrogens is 263 g/mol. The van der Waals surface area contributed by atoms with E-state index in [2.05, 4.69) is 6.92 Å². The first-order valence-corrected chi connectivity index (χ1v) is 6.71. The van der Waals surface area contributed by atoms with Crippen LogP contribution in [-0.2, 0) is 6.42 Å². The Morgan fingerprint density at radius 3 is 2.58 bits per heavy atom. The summed E-state index contributed by atoms with van der Waals surface area (Å²) in [5, 5.41) is 10.3. The fourth-order valence-electron chi connectivity index (χ4n) is 2.08. The molecule has 0 heterocycles. The van der Waals surface area contributed by atoms with Crippen LogP contribution in [0.5, 0.6) is 0 Å². The molecule has 2 aromatic carbocycles. The van der Waals surface area contributed by atoms with E-state index in [1.54, 1.807) is 6.07 Å². The van der Waals surface area contributed by atoms with Crippen LogP contribution in [0.3, 0.4) is 0 Å². The Kier molecular flexibility index (Phi) is 4.56. The zero-order valence-electron chi connectivity index (χ0n) is 10.7. The smallest absolute Gasteiger partial charge is 0.141 e. The van der Waals surface area contributed by atoms with Crippen molar-refractivity contribution in [3.8, 4) is 0 Å². The zero-order valence-corrected chi connectivity index (χ0v) is 11.5. The van der Waals surface area contributed by atoms with Crippen LogP contribution < -0.4 is 0 Å². The number of rotatable bonds is 4. The fourth-order valence-corrected chi connectivity index (χ4v) is 2.27. The third-order valence-corrected chi connectivity index (χ3v) is 3.35. The Morgan fingerprint density at radius 1 is 1.16 bits per heavy atom.